The van der Waals surface area contributed by atoms with E-state index in [1.807, 2.05) is 0 Å². The Morgan fingerprint density at radius 1 is 1.32 bits per heavy atom. The molecule has 124 valence electrons. The van der Waals surface area contributed by atoms with Crippen molar-refractivity contribution in [1.29, 1.82) is 0 Å². The van der Waals surface area contributed by atoms with E-state index in [0.29, 0.717) is 11.9 Å². The van der Waals surface area contributed by atoms with Crippen molar-refractivity contribution in [2.45, 2.75) is 25.3 Å². The second kappa shape index (κ2) is 9.55. The molecular weight excluding hydrogens is 284 g/mol. The molecule has 0 aliphatic carbocycles. The van der Waals surface area contributed by atoms with Crippen LogP contribution >= 0.6 is 0 Å². The molecule has 2 rings (SSSR count). The highest BCUT2D eigenvalue weighted by Crippen LogP contribution is 2.16. The number of aromatic nitrogens is 2. The fraction of sp³-hybridized carbons (Fsp3) is 0.733. The van der Waals surface area contributed by atoms with Crippen molar-refractivity contribution < 1.29 is 14.6 Å². The second-order valence-corrected chi connectivity index (χ2v) is 5.42. The van der Waals surface area contributed by atoms with Crippen LogP contribution in [0.15, 0.2) is 12.4 Å². The lowest BCUT2D eigenvalue weighted by Gasteiger charge is -2.32. The summed E-state index contributed by atoms with van der Waals surface area (Å²) in [6, 6.07) is 0.418. The van der Waals surface area contributed by atoms with Crippen LogP contribution < -0.4 is 10.1 Å². The molecule has 1 aromatic heterocycles. The highest BCUT2D eigenvalue weighted by Gasteiger charge is 2.19. The Bertz CT molecular complexity index is 425. The van der Waals surface area contributed by atoms with Gasteiger partial charge in [0.15, 0.2) is 0 Å². The van der Waals surface area contributed by atoms with Crippen molar-refractivity contribution in [3.63, 3.8) is 0 Å². The van der Waals surface area contributed by atoms with Gasteiger partial charge in [0, 0.05) is 39.4 Å². The molecule has 2 heterocycles. The van der Waals surface area contributed by atoms with Crippen LogP contribution in [-0.2, 0) is 4.74 Å². The molecule has 1 aromatic rings. The molecular formula is C15H26N4O3. The molecule has 1 aliphatic heterocycles. The van der Waals surface area contributed by atoms with Crippen LogP contribution in [0.1, 0.15) is 19.3 Å². The van der Waals surface area contributed by atoms with Gasteiger partial charge in [-0.2, -0.15) is 4.98 Å². The van der Waals surface area contributed by atoms with Crippen molar-refractivity contribution >= 4 is 5.82 Å². The number of nitrogens with one attached hydrogen (secondary N) is 1. The summed E-state index contributed by atoms with van der Waals surface area (Å²) < 4.78 is 10.4. The van der Waals surface area contributed by atoms with E-state index in [9.17, 15) is 0 Å². The number of piperidine rings is 1. The zero-order valence-corrected chi connectivity index (χ0v) is 13.2. The van der Waals surface area contributed by atoms with Gasteiger partial charge in [-0.25, -0.2) is 0 Å². The lowest BCUT2D eigenvalue weighted by molar-refractivity contribution is 0.159. The van der Waals surface area contributed by atoms with Gasteiger partial charge in [0.05, 0.1) is 19.0 Å². The van der Waals surface area contributed by atoms with Gasteiger partial charge in [-0.3, -0.25) is 4.98 Å². The van der Waals surface area contributed by atoms with Crippen molar-refractivity contribution in [2.75, 3.05) is 51.9 Å². The molecule has 0 spiro atoms. The Hall–Kier alpha value is -1.44. The van der Waals surface area contributed by atoms with E-state index in [1.165, 1.54) is 0 Å². The summed E-state index contributed by atoms with van der Waals surface area (Å²) in [4.78, 5) is 10.9. The van der Waals surface area contributed by atoms with E-state index in [2.05, 4.69) is 20.2 Å². The highest BCUT2D eigenvalue weighted by atomic mass is 16.5. The molecule has 0 atom stereocenters. The first-order chi connectivity index (χ1) is 10.8. The van der Waals surface area contributed by atoms with Crippen LogP contribution in [0.25, 0.3) is 0 Å². The first-order valence-electron chi connectivity index (χ1n) is 7.85. The molecule has 0 radical (unpaired) electrons. The zero-order valence-electron chi connectivity index (χ0n) is 13.2. The van der Waals surface area contributed by atoms with Gasteiger partial charge in [0.25, 0.3) is 0 Å². The first-order valence-corrected chi connectivity index (χ1v) is 7.85. The van der Waals surface area contributed by atoms with Gasteiger partial charge in [-0.05, 0) is 19.3 Å². The number of likely N-dealkylation sites (tertiary alicyclic amines) is 1. The average Bonchev–Trinajstić information content (AvgIpc) is 2.55. The lowest BCUT2D eigenvalue weighted by atomic mass is 10.0. The molecule has 2 N–H and O–H groups in total. The molecule has 7 heteroatoms. The smallest absolute Gasteiger partial charge is 0.234 e. The van der Waals surface area contributed by atoms with Gasteiger partial charge in [-0.15, -0.1) is 0 Å². The van der Waals surface area contributed by atoms with Crippen LogP contribution in [0.5, 0.6) is 5.88 Å². The molecule has 1 fully saturated rings. The molecule has 0 saturated carbocycles. The summed E-state index contributed by atoms with van der Waals surface area (Å²) >= 11 is 0. The Kier molecular flexibility index (Phi) is 7.35. The van der Waals surface area contributed by atoms with Crippen LogP contribution in [0.3, 0.4) is 0 Å². The summed E-state index contributed by atoms with van der Waals surface area (Å²) in [7, 11) is 1.75. The summed E-state index contributed by atoms with van der Waals surface area (Å²) in [6.07, 6.45) is 6.53. The van der Waals surface area contributed by atoms with Crippen LogP contribution in [0, 0.1) is 0 Å². The van der Waals surface area contributed by atoms with Crippen molar-refractivity contribution in [1.82, 2.24) is 14.9 Å². The molecule has 1 saturated heterocycles. The van der Waals surface area contributed by atoms with Crippen LogP contribution in [0.4, 0.5) is 5.82 Å². The third-order valence-electron chi connectivity index (χ3n) is 3.72. The minimum Gasteiger partial charge on any atom is -0.474 e. The zero-order chi connectivity index (χ0) is 15.6. The monoisotopic (exact) mass is 310 g/mol. The quantitative estimate of drug-likeness (QED) is 0.652. The molecule has 0 amide bonds. The number of nitrogens with zero attached hydrogens (tertiary/aromatic N) is 3. The van der Waals surface area contributed by atoms with Crippen molar-refractivity contribution in [3.8, 4) is 5.88 Å². The van der Waals surface area contributed by atoms with Crippen molar-refractivity contribution in [3.05, 3.63) is 12.4 Å². The minimum atomic E-state index is -0.0269. The third kappa shape index (κ3) is 5.75. The number of ether oxygens (including phenoxy) is 2. The number of aliphatic hydroxyl groups is 1. The normalized spacial score (nSPS) is 16.6. The summed E-state index contributed by atoms with van der Waals surface area (Å²) in [5.41, 5.74) is 0. The summed E-state index contributed by atoms with van der Waals surface area (Å²) in [5.74, 6) is 1.17. The van der Waals surface area contributed by atoms with E-state index in [0.717, 1.165) is 51.3 Å². The number of methoxy groups -OCH3 is 1. The number of hydrogen-bond acceptors (Lipinski definition) is 7. The van der Waals surface area contributed by atoms with E-state index in [-0.39, 0.29) is 13.2 Å². The van der Waals surface area contributed by atoms with E-state index in [4.69, 9.17) is 14.6 Å². The maximum atomic E-state index is 8.76. The number of anilines is 1. The van der Waals surface area contributed by atoms with Crippen LogP contribution in [0.2, 0.25) is 0 Å². The van der Waals surface area contributed by atoms with Gasteiger partial charge in [0.2, 0.25) is 5.88 Å². The van der Waals surface area contributed by atoms with E-state index in [1.54, 1.807) is 19.5 Å². The van der Waals surface area contributed by atoms with Gasteiger partial charge < -0.3 is 24.8 Å². The molecule has 1 aliphatic rings. The number of hydrogen-bond donors (Lipinski definition) is 2. The molecule has 22 heavy (non-hydrogen) atoms. The standard InChI is InChI=1S/C15H26N4O3/c1-21-9-2-5-19-6-3-13(4-7-19)17-14-11-16-12-15(18-14)22-10-8-20/h11-13,20H,2-10H2,1H3,(H,17,18). The second-order valence-electron chi connectivity index (χ2n) is 5.42. The molecule has 0 aromatic carbocycles. The Labute approximate surface area is 131 Å². The minimum absolute atomic E-state index is 0.0269. The van der Waals surface area contributed by atoms with Crippen LogP contribution in [-0.4, -0.2) is 72.6 Å². The van der Waals surface area contributed by atoms with Crippen molar-refractivity contribution in [2.24, 2.45) is 0 Å². The van der Waals surface area contributed by atoms with Gasteiger partial charge >= 0.3 is 0 Å². The van der Waals surface area contributed by atoms with Gasteiger partial charge in [-0.1, -0.05) is 0 Å². The Balaban J connectivity index is 1.73. The molecule has 0 unspecified atom stereocenters. The fourth-order valence-electron chi connectivity index (χ4n) is 2.58. The lowest BCUT2D eigenvalue weighted by Crippen LogP contribution is -2.39. The maximum Gasteiger partial charge on any atom is 0.234 e. The summed E-state index contributed by atoms with van der Waals surface area (Å²) in [5, 5.41) is 12.2. The van der Waals surface area contributed by atoms with E-state index < -0.39 is 0 Å². The SMILES string of the molecule is COCCCN1CCC(Nc2cncc(OCCO)n2)CC1. The highest BCUT2D eigenvalue weighted by molar-refractivity contribution is 5.34. The topological polar surface area (TPSA) is 79.7 Å². The molecule has 0 bridgehead atoms. The molecule has 7 nitrogen and oxygen atoms in total. The Morgan fingerprint density at radius 2 is 2.14 bits per heavy atom. The summed E-state index contributed by atoms with van der Waals surface area (Å²) in [6.45, 7) is 4.32. The van der Waals surface area contributed by atoms with E-state index >= 15 is 0 Å². The number of rotatable bonds is 9. The predicted octanol–water partition coefficient (Wildman–Crippen LogP) is 0.760. The Morgan fingerprint density at radius 3 is 2.86 bits per heavy atom. The number of aliphatic hydroxyl groups excluding tert-OH is 1. The average molecular weight is 310 g/mol. The van der Waals surface area contributed by atoms with Gasteiger partial charge in [0.1, 0.15) is 12.4 Å². The predicted molar refractivity (Wildman–Crippen MR) is 84.2 cm³/mol. The largest absolute Gasteiger partial charge is 0.474 e. The maximum absolute atomic E-state index is 8.76. The first kappa shape index (κ1) is 16.9. The fourth-order valence-corrected chi connectivity index (χ4v) is 2.58. The third-order valence-corrected chi connectivity index (χ3v) is 3.72.